The van der Waals surface area contributed by atoms with Crippen molar-refractivity contribution in [2.75, 3.05) is 13.2 Å². The number of rotatable bonds is 8. The molecule has 128 valence electrons. The molecular weight excluding hydrogens is 296 g/mol. The molecule has 0 saturated carbocycles. The van der Waals surface area contributed by atoms with Gasteiger partial charge in [-0.25, -0.2) is 9.59 Å². The normalized spacial score (nSPS) is 11.1. The molecule has 0 aliphatic heterocycles. The predicted molar refractivity (Wildman–Crippen MR) is 87.9 cm³/mol. The third kappa shape index (κ3) is 6.30. The first-order chi connectivity index (χ1) is 10.8. The number of hydrogen-bond donors (Lipinski definition) is 1. The summed E-state index contributed by atoms with van der Waals surface area (Å²) in [5.74, 6) is -0.940. The summed E-state index contributed by atoms with van der Waals surface area (Å²) in [4.78, 5) is 22.7. The fraction of sp³-hybridized carbons (Fsp3) is 0.556. The maximum Gasteiger partial charge on any atom is 0.508 e. The monoisotopic (exact) mass is 322 g/mol. The Bertz CT molecular complexity index is 548. The van der Waals surface area contributed by atoms with Crippen LogP contribution >= 0.6 is 0 Å². The molecule has 0 fully saturated rings. The molecule has 0 unspecified atom stereocenters. The van der Waals surface area contributed by atoms with Crippen LogP contribution in [-0.2, 0) is 22.3 Å². The van der Waals surface area contributed by atoms with Gasteiger partial charge in [-0.1, -0.05) is 39.3 Å². The van der Waals surface area contributed by atoms with Crippen molar-refractivity contribution in [1.29, 1.82) is 0 Å². The average molecular weight is 322 g/mol. The fourth-order valence-electron chi connectivity index (χ4n) is 2.43. The molecular formula is C18H26O5. The number of aromatic carboxylic acids is 1. The highest BCUT2D eigenvalue weighted by Gasteiger charge is 2.24. The van der Waals surface area contributed by atoms with Gasteiger partial charge in [-0.15, -0.1) is 0 Å². The largest absolute Gasteiger partial charge is 0.508 e. The molecule has 23 heavy (non-hydrogen) atoms. The molecule has 5 nitrogen and oxygen atoms in total. The van der Waals surface area contributed by atoms with Crippen molar-refractivity contribution in [2.24, 2.45) is 5.41 Å². The minimum atomic E-state index is -0.940. The minimum Gasteiger partial charge on any atom is -0.478 e. The first-order valence-electron chi connectivity index (χ1n) is 7.93. The van der Waals surface area contributed by atoms with E-state index in [-0.39, 0.29) is 18.6 Å². The molecule has 0 amide bonds. The second-order valence-electron chi connectivity index (χ2n) is 6.36. The Morgan fingerprint density at radius 2 is 1.87 bits per heavy atom. The maximum absolute atomic E-state index is 11.4. The summed E-state index contributed by atoms with van der Waals surface area (Å²) < 4.78 is 9.83. The summed E-state index contributed by atoms with van der Waals surface area (Å²) in [7, 11) is 0. The number of benzene rings is 1. The number of ether oxygens (including phenoxy) is 2. The van der Waals surface area contributed by atoms with E-state index >= 15 is 0 Å². The number of carbonyl (C=O) groups is 2. The van der Waals surface area contributed by atoms with Gasteiger partial charge >= 0.3 is 12.1 Å². The number of carbonyl (C=O) groups excluding carboxylic acids is 1. The van der Waals surface area contributed by atoms with Gasteiger partial charge in [0.15, 0.2) is 0 Å². The maximum atomic E-state index is 11.4. The van der Waals surface area contributed by atoms with Crippen LogP contribution in [-0.4, -0.2) is 30.4 Å². The van der Waals surface area contributed by atoms with E-state index in [9.17, 15) is 14.7 Å². The Hall–Kier alpha value is -2.04. The van der Waals surface area contributed by atoms with Crippen LogP contribution in [0.25, 0.3) is 0 Å². The fourth-order valence-corrected chi connectivity index (χ4v) is 2.43. The van der Waals surface area contributed by atoms with Gasteiger partial charge in [0, 0.05) is 5.41 Å². The number of carboxylic acid groups (broad SMARTS) is 1. The van der Waals surface area contributed by atoms with Gasteiger partial charge in [-0.05, 0) is 37.0 Å². The molecule has 1 rings (SSSR count). The third-order valence-electron chi connectivity index (χ3n) is 3.45. The zero-order chi connectivity index (χ0) is 17.5. The molecule has 0 spiro atoms. The van der Waals surface area contributed by atoms with E-state index in [1.165, 1.54) is 0 Å². The van der Waals surface area contributed by atoms with E-state index < -0.39 is 12.1 Å². The van der Waals surface area contributed by atoms with E-state index in [2.05, 4.69) is 6.92 Å². The summed E-state index contributed by atoms with van der Waals surface area (Å²) in [5.41, 5.74) is 1.80. The minimum absolute atomic E-state index is 0.170. The lowest BCUT2D eigenvalue weighted by Crippen LogP contribution is -2.25. The number of hydrogen-bond acceptors (Lipinski definition) is 4. The summed E-state index contributed by atoms with van der Waals surface area (Å²) in [6.07, 6.45) is 1.72. The van der Waals surface area contributed by atoms with E-state index in [1.54, 1.807) is 13.0 Å². The Balaban J connectivity index is 2.89. The van der Waals surface area contributed by atoms with Crippen molar-refractivity contribution in [2.45, 2.75) is 47.0 Å². The highest BCUT2D eigenvalue weighted by Crippen LogP contribution is 2.26. The summed E-state index contributed by atoms with van der Waals surface area (Å²) in [6, 6.07) is 5.46. The van der Waals surface area contributed by atoms with E-state index in [4.69, 9.17) is 9.47 Å². The summed E-state index contributed by atoms with van der Waals surface area (Å²) >= 11 is 0. The van der Waals surface area contributed by atoms with Crippen LogP contribution in [0.15, 0.2) is 18.2 Å². The summed E-state index contributed by atoms with van der Waals surface area (Å²) in [5, 5.41) is 9.37. The number of aryl methyl sites for hydroxylation is 1. The smallest absolute Gasteiger partial charge is 0.478 e. The van der Waals surface area contributed by atoms with Gasteiger partial charge in [0.25, 0.3) is 0 Å². The van der Waals surface area contributed by atoms with Gasteiger partial charge < -0.3 is 14.6 Å². The topological polar surface area (TPSA) is 72.8 Å². The third-order valence-corrected chi connectivity index (χ3v) is 3.45. The molecule has 0 radical (unpaired) electrons. The van der Waals surface area contributed by atoms with Crippen molar-refractivity contribution in [3.05, 3.63) is 34.9 Å². The molecule has 1 N–H and O–H groups in total. The van der Waals surface area contributed by atoms with Crippen molar-refractivity contribution < 1.29 is 24.2 Å². The van der Waals surface area contributed by atoms with Crippen LogP contribution in [0.1, 0.15) is 55.6 Å². The second kappa shape index (κ2) is 8.56. The lowest BCUT2D eigenvalue weighted by Gasteiger charge is -2.25. The van der Waals surface area contributed by atoms with Gasteiger partial charge in [-0.3, -0.25) is 0 Å². The number of carboxylic acids is 1. The molecule has 0 bridgehead atoms. The van der Waals surface area contributed by atoms with E-state index in [0.29, 0.717) is 12.0 Å². The zero-order valence-electron chi connectivity index (χ0n) is 14.3. The first kappa shape index (κ1) is 19.0. The standard InChI is InChI=1S/C18H26O5/c1-5-7-13-8-9-15(16(19)20)14(10-13)11-18(3,4)12-23-17(21)22-6-2/h8-10H,5-7,11-12H2,1-4H3,(H,19,20). The quantitative estimate of drug-likeness (QED) is 0.730. The molecule has 0 saturated heterocycles. The van der Waals surface area contributed by atoms with Gasteiger partial charge in [0.2, 0.25) is 0 Å². The van der Waals surface area contributed by atoms with Crippen LogP contribution in [0.3, 0.4) is 0 Å². The van der Waals surface area contributed by atoms with Gasteiger partial charge in [0.05, 0.1) is 12.2 Å². The lowest BCUT2D eigenvalue weighted by atomic mass is 9.84. The van der Waals surface area contributed by atoms with Crippen LogP contribution in [0.4, 0.5) is 4.79 Å². The first-order valence-corrected chi connectivity index (χ1v) is 7.93. The molecule has 1 aromatic rings. The Morgan fingerprint density at radius 3 is 2.43 bits per heavy atom. The van der Waals surface area contributed by atoms with Crippen molar-refractivity contribution in [1.82, 2.24) is 0 Å². The highest BCUT2D eigenvalue weighted by molar-refractivity contribution is 5.89. The molecule has 5 heteroatoms. The lowest BCUT2D eigenvalue weighted by molar-refractivity contribution is 0.0322. The predicted octanol–water partition coefficient (Wildman–Crippen LogP) is 4.08. The van der Waals surface area contributed by atoms with Crippen molar-refractivity contribution >= 4 is 12.1 Å². The van der Waals surface area contributed by atoms with E-state index in [1.807, 2.05) is 26.0 Å². The molecule has 0 aliphatic carbocycles. The van der Waals surface area contributed by atoms with Crippen LogP contribution in [0.5, 0.6) is 0 Å². The Kier molecular flexibility index (Phi) is 7.07. The molecule has 1 aromatic carbocycles. The second-order valence-corrected chi connectivity index (χ2v) is 6.36. The molecule has 0 heterocycles. The Morgan fingerprint density at radius 1 is 1.17 bits per heavy atom. The van der Waals surface area contributed by atoms with Crippen molar-refractivity contribution in [3.63, 3.8) is 0 Å². The molecule has 0 aromatic heterocycles. The summed E-state index contributed by atoms with van der Waals surface area (Å²) in [6.45, 7) is 8.10. The SMILES string of the molecule is CCCc1ccc(C(=O)O)c(CC(C)(C)COC(=O)OCC)c1. The van der Waals surface area contributed by atoms with Crippen molar-refractivity contribution in [3.8, 4) is 0 Å². The molecule has 0 atom stereocenters. The average Bonchev–Trinajstić information content (AvgIpc) is 2.45. The Labute approximate surface area is 137 Å². The van der Waals surface area contributed by atoms with Crippen LogP contribution < -0.4 is 0 Å². The molecule has 0 aliphatic rings. The van der Waals surface area contributed by atoms with Crippen LogP contribution in [0, 0.1) is 5.41 Å². The van der Waals surface area contributed by atoms with Gasteiger partial charge in [-0.2, -0.15) is 0 Å². The zero-order valence-corrected chi connectivity index (χ0v) is 14.3. The highest BCUT2D eigenvalue weighted by atomic mass is 16.7. The van der Waals surface area contributed by atoms with Gasteiger partial charge in [0.1, 0.15) is 6.61 Å². The van der Waals surface area contributed by atoms with Crippen LogP contribution in [0.2, 0.25) is 0 Å². The van der Waals surface area contributed by atoms with E-state index in [0.717, 1.165) is 24.0 Å².